The van der Waals surface area contributed by atoms with Gasteiger partial charge in [-0.2, -0.15) is 10.5 Å². The molecule has 0 atom stereocenters. The van der Waals surface area contributed by atoms with E-state index in [4.69, 9.17) is 0 Å². The molecule has 0 saturated carbocycles. The Kier molecular flexibility index (Phi) is 6.37. The summed E-state index contributed by atoms with van der Waals surface area (Å²) in [4.78, 5) is 21.6. The second-order valence-electron chi connectivity index (χ2n) is 8.57. The van der Waals surface area contributed by atoms with Gasteiger partial charge in [0.05, 0.1) is 28.4 Å². The molecule has 0 aliphatic carbocycles. The highest BCUT2D eigenvalue weighted by molar-refractivity contribution is 6.04. The molecule has 2 aromatic heterocycles. The van der Waals surface area contributed by atoms with E-state index in [1.807, 2.05) is 45.0 Å². The van der Waals surface area contributed by atoms with Crippen LogP contribution in [0, 0.1) is 29.6 Å². The normalized spacial score (nSPS) is 11.0. The molecule has 3 rings (SSSR count). The number of rotatable bonds is 5. The van der Waals surface area contributed by atoms with Crippen molar-refractivity contribution in [1.82, 2.24) is 9.97 Å². The zero-order chi connectivity index (χ0) is 23.5. The number of pyridine rings is 2. The second kappa shape index (κ2) is 8.99. The largest absolute Gasteiger partial charge is 0.322 e. The van der Waals surface area contributed by atoms with Crippen LogP contribution in [-0.4, -0.2) is 15.9 Å². The standard InChI is InChI=1S/C26H25N5O/c1-16(2)24-19(13-27)10-20(14-30-24)22-12-21(7-6-17(22)3)31-25(32)18-8-9-29-23(11-18)26(4,5)15-28/h6-12,14,16H,1-5H3,(H,31,32). The van der Waals surface area contributed by atoms with Crippen molar-refractivity contribution in [3.63, 3.8) is 0 Å². The number of anilines is 1. The number of nitriles is 2. The van der Waals surface area contributed by atoms with Crippen molar-refractivity contribution >= 4 is 11.6 Å². The van der Waals surface area contributed by atoms with Crippen molar-refractivity contribution < 1.29 is 4.79 Å². The van der Waals surface area contributed by atoms with Gasteiger partial charge in [0, 0.05) is 29.2 Å². The van der Waals surface area contributed by atoms with E-state index in [-0.39, 0.29) is 11.8 Å². The average Bonchev–Trinajstić information content (AvgIpc) is 2.79. The molecule has 0 bridgehead atoms. The van der Waals surface area contributed by atoms with Gasteiger partial charge in [0.2, 0.25) is 0 Å². The Labute approximate surface area is 188 Å². The Morgan fingerprint density at radius 1 is 1.09 bits per heavy atom. The molecule has 0 spiro atoms. The third-order valence-corrected chi connectivity index (χ3v) is 5.33. The molecule has 3 aromatic rings. The summed E-state index contributed by atoms with van der Waals surface area (Å²) in [5.74, 6) is -0.134. The average molecular weight is 424 g/mol. The molecule has 1 aromatic carbocycles. The molecule has 32 heavy (non-hydrogen) atoms. The monoisotopic (exact) mass is 423 g/mol. The summed E-state index contributed by atoms with van der Waals surface area (Å²) in [7, 11) is 0. The molecule has 6 nitrogen and oxygen atoms in total. The lowest BCUT2D eigenvalue weighted by atomic mass is 9.90. The second-order valence-corrected chi connectivity index (χ2v) is 8.57. The fourth-order valence-corrected chi connectivity index (χ4v) is 3.36. The van der Waals surface area contributed by atoms with Crippen LogP contribution in [0.15, 0.2) is 48.8 Å². The summed E-state index contributed by atoms with van der Waals surface area (Å²) in [6, 6.07) is 15.2. The third-order valence-electron chi connectivity index (χ3n) is 5.33. The molecular weight excluding hydrogens is 398 g/mol. The summed E-state index contributed by atoms with van der Waals surface area (Å²) in [5.41, 5.74) is 4.84. The summed E-state index contributed by atoms with van der Waals surface area (Å²) in [5, 5.41) is 21.8. The van der Waals surface area contributed by atoms with Gasteiger partial charge >= 0.3 is 0 Å². The first-order chi connectivity index (χ1) is 15.2. The highest BCUT2D eigenvalue weighted by Gasteiger charge is 2.22. The van der Waals surface area contributed by atoms with E-state index in [0.717, 1.165) is 22.4 Å². The molecule has 0 unspecified atom stereocenters. The lowest BCUT2D eigenvalue weighted by molar-refractivity contribution is 0.102. The number of benzene rings is 1. The maximum Gasteiger partial charge on any atom is 0.255 e. The number of aromatic nitrogens is 2. The molecule has 0 aliphatic rings. The summed E-state index contributed by atoms with van der Waals surface area (Å²) < 4.78 is 0. The fraction of sp³-hybridized carbons (Fsp3) is 0.269. The molecule has 0 saturated heterocycles. The predicted octanol–water partition coefficient (Wildman–Crippen LogP) is 5.50. The lowest BCUT2D eigenvalue weighted by Crippen LogP contribution is -2.18. The Hall–Kier alpha value is -4.03. The van der Waals surface area contributed by atoms with E-state index in [2.05, 4.69) is 27.4 Å². The molecule has 0 radical (unpaired) electrons. The molecule has 6 heteroatoms. The van der Waals surface area contributed by atoms with Gasteiger partial charge in [-0.3, -0.25) is 14.8 Å². The van der Waals surface area contributed by atoms with E-state index in [1.165, 1.54) is 6.20 Å². The van der Waals surface area contributed by atoms with Gasteiger partial charge in [-0.1, -0.05) is 19.9 Å². The first-order valence-corrected chi connectivity index (χ1v) is 10.4. The van der Waals surface area contributed by atoms with Crippen LogP contribution >= 0.6 is 0 Å². The highest BCUT2D eigenvalue weighted by Crippen LogP contribution is 2.29. The SMILES string of the molecule is Cc1ccc(NC(=O)c2ccnc(C(C)(C)C#N)c2)cc1-c1cnc(C(C)C)c(C#N)c1. The minimum atomic E-state index is -0.791. The van der Waals surface area contributed by atoms with E-state index in [9.17, 15) is 15.3 Å². The molecule has 160 valence electrons. The topological polar surface area (TPSA) is 102 Å². The summed E-state index contributed by atoms with van der Waals surface area (Å²) in [6.45, 7) is 9.51. The molecule has 1 N–H and O–H groups in total. The maximum absolute atomic E-state index is 12.9. The first-order valence-electron chi connectivity index (χ1n) is 10.4. The number of carbonyl (C=O) groups excluding carboxylic acids is 1. The zero-order valence-corrected chi connectivity index (χ0v) is 18.9. The molecule has 2 heterocycles. The minimum Gasteiger partial charge on any atom is -0.322 e. The fourth-order valence-electron chi connectivity index (χ4n) is 3.36. The number of hydrogen-bond acceptors (Lipinski definition) is 5. The number of hydrogen-bond donors (Lipinski definition) is 1. The van der Waals surface area contributed by atoms with E-state index >= 15 is 0 Å². The number of aryl methyl sites for hydroxylation is 1. The lowest BCUT2D eigenvalue weighted by Gasteiger charge is -2.15. The molecule has 0 aliphatic heterocycles. The molecular formula is C26H25N5O. The van der Waals surface area contributed by atoms with Crippen LogP contribution in [0.4, 0.5) is 5.69 Å². The van der Waals surface area contributed by atoms with Crippen molar-refractivity contribution in [2.75, 3.05) is 5.32 Å². The van der Waals surface area contributed by atoms with Crippen molar-refractivity contribution in [1.29, 1.82) is 10.5 Å². The van der Waals surface area contributed by atoms with E-state index in [1.54, 1.807) is 32.2 Å². The van der Waals surface area contributed by atoms with Crippen molar-refractivity contribution in [2.24, 2.45) is 0 Å². The Morgan fingerprint density at radius 3 is 2.50 bits per heavy atom. The summed E-state index contributed by atoms with van der Waals surface area (Å²) >= 11 is 0. The number of amides is 1. The van der Waals surface area contributed by atoms with Crippen LogP contribution in [0.5, 0.6) is 0 Å². The zero-order valence-electron chi connectivity index (χ0n) is 18.9. The van der Waals surface area contributed by atoms with Gasteiger partial charge in [0.15, 0.2) is 0 Å². The van der Waals surface area contributed by atoms with Crippen LogP contribution in [-0.2, 0) is 5.41 Å². The Morgan fingerprint density at radius 2 is 1.84 bits per heavy atom. The predicted molar refractivity (Wildman–Crippen MR) is 124 cm³/mol. The van der Waals surface area contributed by atoms with Crippen molar-refractivity contribution in [3.05, 3.63) is 76.9 Å². The molecule has 1 amide bonds. The maximum atomic E-state index is 12.9. The quantitative estimate of drug-likeness (QED) is 0.584. The van der Waals surface area contributed by atoms with Gasteiger partial charge < -0.3 is 5.32 Å². The van der Waals surface area contributed by atoms with Crippen LogP contribution in [0.25, 0.3) is 11.1 Å². The van der Waals surface area contributed by atoms with E-state index < -0.39 is 5.41 Å². The first kappa shape index (κ1) is 22.7. The van der Waals surface area contributed by atoms with Gasteiger partial charge in [0.25, 0.3) is 5.91 Å². The van der Waals surface area contributed by atoms with Gasteiger partial charge in [-0.25, -0.2) is 0 Å². The van der Waals surface area contributed by atoms with Crippen LogP contribution in [0.2, 0.25) is 0 Å². The van der Waals surface area contributed by atoms with Crippen LogP contribution in [0.3, 0.4) is 0 Å². The number of nitrogens with zero attached hydrogens (tertiary/aromatic N) is 4. The van der Waals surface area contributed by atoms with Gasteiger partial charge in [-0.15, -0.1) is 0 Å². The molecule has 0 fully saturated rings. The van der Waals surface area contributed by atoms with Crippen molar-refractivity contribution in [3.8, 4) is 23.3 Å². The summed E-state index contributed by atoms with van der Waals surface area (Å²) in [6.07, 6.45) is 3.30. The highest BCUT2D eigenvalue weighted by atomic mass is 16.1. The number of nitrogens with one attached hydrogen (secondary N) is 1. The van der Waals surface area contributed by atoms with Crippen LogP contribution < -0.4 is 5.32 Å². The van der Waals surface area contributed by atoms with Crippen molar-refractivity contribution in [2.45, 2.75) is 46.0 Å². The van der Waals surface area contributed by atoms with Crippen LogP contribution in [0.1, 0.15) is 66.5 Å². The Balaban J connectivity index is 1.92. The van der Waals surface area contributed by atoms with E-state index in [0.29, 0.717) is 22.5 Å². The van der Waals surface area contributed by atoms with Gasteiger partial charge in [0.1, 0.15) is 6.07 Å². The van der Waals surface area contributed by atoms with Gasteiger partial charge in [-0.05, 0) is 68.1 Å². The third kappa shape index (κ3) is 4.66. The smallest absolute Gasteiger partial charge is 0.255 e. The Bertz CT molecular complexity index is 1260. The number of carbonyl (C=O) groups is 1. The minimum absolute atomic E-state index is 0.154.